The Morgan fingerprint density at radius 1 is 1.26 bits per heavy atom. The van der Waals surface area contributed by atoms with Gasteiger partial charge in [0.1, 0.15) is 19.4 Å². The summed E-state index contributed by atoms with van der Waals surface area (Å²) in [5.74, 6) is 2.31. The molecule has 9 heteroatoms. The van der Waals surface area contributed by atoms with E-state index in [9.17, 15) is 0 Å². The van der Waals surface area contributed by atoms with E-state index < -0.39 is 0 Å². The number of nitrogen functional groups attached to an aromatic ring is 1. The molecule has 7 nitrogen and oxygen atoms in total. The summed E-state index contributed by atoms with van der Waals surface area (Å²) in [6, 6.07) is 6.94. The molecule has 0 aliphatic heterocycles. The number of benzene rings is 1. The first-order valence-corrected chi connectivity index (χ1v) is 7.25. The lowest BCUT2D eigenvalue weighted by Gasteiger charge is -2.11. The molecule has 4 N–H and O–H groups in total. The maximum atomic E-state index is 6.14. The first-order valence-electron chi connectivity index (χ1n) is 6.87. The molecule has 0 bridgehead atoms. The molecule has 0 saturated carbocycles. The Hall–Kier alpha value is -2.74. The van der Waals surface area contributed by atoms with E-state index in [1.807, 2.05) is 14.8 Å². The lowest BCUT2D eigenvalue weighted by Crippen LogP contribution is -2.14. The van der Waals surface area contributed by atoms with Crippen molar-refractivity contribution in [1.29, 1.82) is 0 Å². The van der Waals surface area contributed by atoms with E-state index in [-0.39, 0.29) is 0 Å². The van der Waals surface area contributed by atoms with E-state index >= 15 is 0 Å². The molecule has 2 aromatic heterocycles. The van der Waals surface area contributed by atoms with Gasteiger partial charge in [-0.1, -0.05) is 16.8 Å². The van der Waals surface area contributed by atoms with E-state index in [0.29, 0.717) is 39.7 Å². The van der Waals surface area contributed by atoms with Crippen LogP contribution >= 0.6 is 11.6 Å². The van der Waals surface area contributed by atoms with Gasteiger partial charge in [-0.05, 0) is 30.6 Å². The Kier molecular flexibility index (Phi) is 4.07. The van der Waals surface area contributed by atoms with Gasteiger partial charge in [-0.25, -0.2) is 4.98 Å². The standard InChI is InChI=1S/C14H14BClN6O/c1-7-4-12(22-23-7)20-13-9(15)6-18-14(21-13)19-11-5-8(17)2-3-10(11)16/h2-6H,15,17H2,1H3,(H2,18,19,20,21,22). The number of aromatic nitrogens is 3. The molecule has 0 fully saturated rings. The molecule has 0 spiro atoms. The van der Waals surface area contributed by atoms with Gasteiger partial charge in [0.15, 0.2) is 5.82 Å². The molecule has 0 aliphatic carbocycles. The predicted molar refractivity (Wildman–Crippen MR) is 93.9 cm³/mol. The average molecular weight is 329 g/mol. The highest BCUT2D eigenvalue weighted by atomic mass is 35.5. The van der Waals surface area contributed by atoms with Gasteiger partial charge in [-0.15, -0.1) is 0 Å². The van der Waals surface area contributed by atoms with Crippen molar-refractivity contribution in [2.75, 3.05) is 16.4 Å². The van der Waals surface area contributed by atoms with Crippen LogP contribution in [0.4, 0.5) is 29.0 Å². The Morgan fingerprint density at radius 2 is 2.09 bits per heavy atom. The number of nitrogens with one attached hydrogen (secondary N) is 2. The largest absolute Gasteiger partial charge is 0.399 e. The summed E-state index contributed by atoms with van der Waals surface area (Å²) < 4.78 is 5.03. The van der Waals surface area contributed by atoms with Crippen LogP contribution in [0.2, 0.25) is 5.02 Å². The fourth-order valence-electron chi connectivity index (χ4n) is 1.93. The first-order chi connectivity index (χ1) is 11.0. The van der Waals surface area contributed by atoms with Crippen LogP contribution < -0.4 is 21.8 Å². The Labute approximate surface area is 138 Å². The normalized spacial score (nSPS) is 10.5. The predicted octanol–water partition coefficient (Wildman–Crippen LogP) is 1.75. The summed E-state index contributed by atoms with van der Waals surface area (Å²) >= 11 is 6.14. The molecule has 0 amide bonds. The second-order valence-electron chi connectivity index (χ2n) is 5.04. The van der Waals surface area contributed by atoms with Gasteiger partial charge < -0.3 is 20.9 Å². The zero-order valence-corrected chi connectivity index (χ0v) is 13.3. The highest BCUT2D eigenvalue weighted by molar-refractivity contribution is 6.35. The van der Waals surface area contributed by atoms with E-state index in [1.54, 1.807) is 30.5 Å². The summed E-state index contributed by atoms with van der Waals surface area (Å²) in [7, 11) is 1.90. The molecule has 0 aliphatic rings. The topological polar surface area (TPSA) is 102 Å². The second-order valence-corrected chi connectivity index (χ2v) is 5.44. The number of aryl methyl sites for hydroxylation is 1. The molecule has 0 radical (unpaired) electrons. The molecule has 3 aromatic rings. The highest BCUT2D eigenvalue weighted by Crippen LogP contribution is 2.26. The first kappa shape index (κ1) is 15.2. The summed E-state index contributed by atoms with van der Waals surface area (Å²) in [4.78, 5) is 8.67. The van der Waals surface area contributed by atoms with Crippen LogP contribution in [-0.4, -0.2) is 23.0 Å². The molecule has 0 saturated heterocycles. The number of halogens is 1. The van der Waals surface area contributed by atoms with Crippen molar-refractivity contribution < 1.29 is 4.52 Å². The van der Waals surface area contributed by atoms with Crippen LogP contribution in [0.15, 0.2) is 35.0 Å². The quantitative estimate of drug-likeness (QED) is 0.495. The molecular formula is C14H14BClN6O. The van der Waals surface area contributed by atoms with Crippen LogP contribution in [0.5, 0.6) is 0 Å². The van der Waals surface area contributed by atoms with Gasteiger partial charge in [-0.3, -0.25) is 0 Å². The molecule has 0 atom stereocenters. The fraction of sp³-hybridized carbons (Fsp3) is 0.0714. The van der Waals surface area contributed by atoms with Crippen molar-refractivity contribution >= 4 is 53.9 Å². The van der Waals surface area contributed by atoms with Crippen LogP contribution in [0.25, 0.3) is 0 Å². The molecule has 23 heavy (non-hydrogen) atoms. The zero-order valence-electron chi connectivity index (χ0n) is 12.6. The van der Waals surface area contributed by atoms with E-state index in [4.69, 9.17) is 21.9 Å². The van der Waals surface area contributed by atoms with Gasteiger partial charge in [0.25, 0.3) is 0 Å². The minimum atomic E-state index is 0.394. The van der Waals surface area contributed by atoms with Crippen molar-refractivity contribution in [3.63, 3.8) is 0 Å². The molecule has 1 aromatic carbocycles. The molecule has 2 heterocycles. The number of hydrogen-bond acceptors (Lipinski definition) is 7. The van der Waals surface area contributed by atoms with Crippen molar-refractivity contribution in [3.05, 3.63) is 41.2 Å². The number of nitrogens with two attached hydrogens (primary N) is 1. The van der Waals surface area contributed by atoms with Gasteiger partial charge in [0.2, 0.25) is 5.95 Å². The van der Waals surface area contributed by atoms with Gasteiger partial charge >= 0.3 is 0 Å². The molecule has 0 unspecified atom stereocenters. The number of hydrogen-bond donors (Lipinski definition) is 3. The van der Waals surface area contributed by atoms with E-state index in [2.05, 4.69) is 25.8 Å². The zero-order chi connectivity index (χ0) is 16.4. The fourth-order valence-corrected chi connectivity index (χ4v) is 2.10. The minimum Gasteiger partial charge on any atom is -0.399 e. The summed E-state index contributed by atoms with van der Waals surface area (Å²) in [6.45, 7) is 1.82. The van der Waals surface area contributed by atoms with Gasteiger partial charge in [-0.2, -0.15) is 4.98 Å². The highest BCUT2D eigenvalue weighted by Gasteiger charge is 2.09. The number of rotatable bonds is 4. The number of anilines is 5. The van der Waals surface area contributed by atoms with Crippen LogP contribution in [-0.2, 0) is 0 Å². The van der Waals surface area contributed by atoms with Crippen molar-refractivity contribution in [3.8, 4) is 0 Å². The Morgan fingerprint density at radius 3 is 2.83 bits per heavy atom. The molecule has 116 valence electrons. The SMILES string of the molecule is Bc1cnc(Nc2cc(N)ccc2Cl)nc1Nc1cc(C)on1. The van der Waals surface area contributed by atoms with Crippen molar-refractivity contribution in [1.82, 2.24) is 15.1 Å². The van der Waals surface area contributed by atoms with Crippen LogP contribution in [0.1, 0.15) is 5.76 Å². The summed E-state index contributed by atoms with van der Waals surface area (Å²) in [6.07, 6.45) is 1.70. The third-order valence-corrected chi connectivity index (χ3v) is 3.41. The average Bonchev–Trinajstić information content (AvgIpc) is 2.92. The van der Waals surface area contributed by atoms with Crippen molar-refractivity contribution in [2.24, 2.45) is 0 Å². The maximum absolute atomic E-state index is 6.14. The smallest absolute Gasteiger partial charge is 0.229 e. The van der Waals surface area contributed by atoms with E-state index in [1.165, 1.54) is 0 Å². The van der Waals surface area contributed by atoms with Gasteiger partial charge in [0.05, 0.1) is 10.7 Å². The van der Waals surface area contributed by atoms with E-state index in [0.717, 1.165) is 5.46 Å². The van der Waals surface area contributed by atoms with Crippen molar-refractivity contribution in [2.45, 2.75) is 6.92 Å². The Bertz CT molecular complexity index is 853. The Balaban J connectivity index is 1.86. The van der Waals surface area contributed by atoms with Crippen LogP contribution in [0, 0.1) is 6.92 Å². The minimum absolute atomic E-state index is 0.394. The van der Waals surface area contributed by atoms with Gasteiger partial charge in [0, 0.05) is 18.0 Å². The third kappa shape index (κ3) is 3.54. The van der Waals surface area contributed by atoms with Crippen LogP contribution in [0.3, 0.4) is 0 Å². The third-order valence-electron chi connectivity index (χ3n) is 3.08. The maximum Gasteiger partial charge on any atom is 0.229 e. The summed E-state index contributed by atoms with van der Waals surface area (Å²) in [5, 5.41) is 10.6. The second kappa shape index (κ2) is 6.17. The lowest BCUT2D eigenvalue weighted by molar-refractivity contribution is 0.400. The lowest BCUT2D eigenvalue weighted by atomic mass is 9.99. The number of nitrogens with zero attached hydrogens (tertiary/aromatic N) is 3. The summed E-state index contributed by atoms with van der Waals surface area (Å²) in [5.41, 5.74) is 7.87. The monoisotopic (exact) mass is 328 g/mol. The molecular weight excluding hydrogens is 314 g/mol. The molecule has 3 rings (SSSR count).